The molecule has 1 N–H and O–H groups in total. The molecule has 5 nitrogen and oxygen atoms in total. The van der Waals surface area contributed by atoms with E-state index in [0.717, 1.165) is 28.4 Å². The number of fused-ring (bicyclic) bond motifs is 1. The van der Waals surface area contributed by atoms with Gasteiger partial charge in [0.05, 0.1) is 15.8 Å². The van der Waals surface area contributed by atoms with Gasteiger partial charge in [0.25, 0.3) is 0 Å². The standard InChI is InChI=1S/C17H13ClF4N4OS/c1-8-3-4-11(6-13(8)19)23-15(27)9(2)28-16-25-24-14-12(18)5-10(7-26(14)16)17(20,21)22/h3-7,9H,1-2H3,(H,23,27). The van der Waals surface area contributed by atoms with E-state index >= 15 is 0 Å². The third kappa shape index (κ3) is 4.22. The smallest absolute Gasteiger partial charge is 0.325 e. The van der Waals surface area contributed by atoms with Crippen molar-refractivity contribution in [1.82, 2.24) is 14.6 Å². The molecule has 2 heterocycles. The van der Waals surface area contributed by atoms with Gasteiger partial charge in [0.2, 0.25) is 5.91 Å². The van der Waals surface area contributed by atoms with Crippen LogP contribution in [-0.4, -0.2) is 25.8 Å². The largest absolute Gasteiger partial charge is 0.417 e. The summed E-state index contributed by atoms with van der Waals surface area (Å²) < 4.78 is 53.7. The van der Waals surface area contributed by atoms with Crippen molar-refractivity contribution in [1.29, 1.82) is 0 Å². The molecule has 28 heavy (non-hydrogen) atoms. The van der Waals surface area contributed by atoms with Gasteiger partial charge >= 0.3 is 6.18 Å². The normalized spacial score (nSPS) is 13.0. The number of benzene rings is 1. The number of amides is 1. The maximum absolute atomic E-state index is 13.6. The molecule has 148 valence electrons. The van der Waals surface area contributed by atoms with Crippen LogP contribution in [0.1, 0.15) is 18.1 Å². The van der Waals surface area contributed by atoms with Crippen LogP contribution in [0.5, 0.6) is 0 Å². The molecule has 1 amide bonds. The summed E-state index contributed by atoms with van der Waals surface area (Å²) in [5.41, 5.74) is -0.203. The second-order valence-electron chi connectivity index (χ2n) is 5.96. The van der Waals surface area contributed by atoms with Gasteiger partial charge in [0.15, 0.2) is 10.8 Å². The first-order valence-corrected chi connectivity index (χ1v) is 9.17. The summed E-state index contributed by atoms with van der Waals surface area (Å²) >= 11 is 6.77. The summed E-state index contributed by atoms with van der Waals surface area (Å²) in [6.45, 7) is 3.14. The van der Waals surface area contributed by atoms with Gasteiger partial charge in [-0.05, 0) is 37.6 Å². The van der Waals surface area contributed by atoms with Crippen LogP contribution in [0.3, 0.4) is 0 Å². The number of nitrogens with one attached hydrogen (secondary N) is 1. The van der Waals surface area contributed by atoms with Crippen molar-refractivity contribution in [2.45, 2.75) is 30.4 Å². The molecule has 0 aliphatic heterocycles. The van der Waals surface area contributed by atoms with Crippen LogP contribution < -0.4 is 5.32 Å². The molecular weight excluding hydrogens is 420 g/mol. The number of rotatable bonds is 4. The van der Waals surface area contributed by atoms with E-state index in [1.165, 1.54) is 12.1 Å². The van der Waals surface area contributed by atoms with Crippen molar-refractivity contribution in [3.63, 3.8) is 0 Å². The lowest BCUT2D eigenvalue weighted by molar-refractivity contribution is -0.137. The minimum Gasteiger partial charge on any atom is -0.325 e. The van der Waals surface area contributed by atoms with Gasteiger partial charge in [-0.25, -0.2) is 4.39 Å². The van der Waals surface area contributed by atoms with Gasteiger partial charge in [-0.15, -0.1) is 10.2 Å². The Hall–Kier alpha value is -2.33. The zero-order chi connectivity index (χ0) is 20.6. The molecule has 0 fully saturated rings. The molecule has 0 aliphatic carbocycles. The molecule has 0 saturated carbocycles. The third-order valence-electron chi connectivity index (χ3n) is 3.85. The molecule has 0 aliphatic rings. The first-order chi connectivity index (χ1) is 13.1. The van der Waals surface area contributed by atoms with Crippen molar-refractivity contribution in [3.8, 4) is 0 Å². The van der Waals surface area contributed by atoms with E-state index < -0.39 is 28.7 Å². The molecule has 1 unspecified atom stereocenters. The fourth-order valence-electron chi connectivity index (χ4n) is 2.30. The Morgan fingerprint density at radius 1 is 1.29 bits per heavy atom. The monoisotopic (exact) mass is 432 g/mol. The fourth-order valence-corrected chi connectivity index (χ4v) is 3.36. The van der Waals surface area contributed by atoms with Crippen LogP contribution in [-0.2, 0) is 11.0 Å². The van der Waals surface area contributed by atoms with E-state index in [4.69, 9.17) is 11.6 Å². The zero-order valence-corrected chi connectivity index (χ0v) is 16.1. The highest BCUT2D eigenvalue weighted by molar-refractivity contribution is 8.00. The Kier molecular flexibility index (Phi) is 5.53. The number of alkyl halides is 3. The number of nitrogens with zero attached hydrogens (tertiary/aromatic N) is 3. The highest BCUT2D eigenvalue weighted by Crippen LogP contribution is 2.34. The van der Waals surface area contributed by atoms with E-state index in [0.29, 0.717) is 5.56 Å². The van der Waals surface area contributed by atoms with Gasteiger partial charge in [-0.1, -0.05) is 29.4 Å². The summed E-state index contributed by atoms with van der Waals surface area (Å²) in [6.07, 6.45) is -3.77. The Morgan fingerprint density at radius 2 is 2.00 bits per heavy atom. The number of halogens is 5. The predicted molar refractivity (Wildman–Crippen MR) is 98.1 cm³/mol. The number of carbonyl (C=O) groups excluding carboxylic acids is 1. The summed E-state index contributed by atoms with van der Waals surface area (Å²) in [6, 6.07) is 5.03. The Morgan fingerprint density at radius 3 is 2.64 bits per heavy atom. The molecule has 1 atom stereocenters. The number of pyridine rings is 1. The molecule has 11 heteroatoms. The second kappa shape index (κ2) is 7.59. The Labute approximate surface area is 166 Å². The van der Waals surface area contributed by atoms with Crippen LogP contribution in [0, 0.1) is 12.7 Å². The van der Waals surface area contributed by atoms with Crippen molar-refractivity contribution in [2.75, 3.05) is 5.32 Å². The third-order valence-corrected chi connectivity index (χ3v) is 5.18. The van der Waals surface area contributed by atoms with E-state index in [9.17, 15) is 22.4 Å². The SMILES string of the molecule is Cc1ccc(NC(=O)C(C)Sc2nnc3c(Cl)cc(C(F)(F)F)cn23)cc1F. The van der Waals surface area contributed by atoms with Crippen molar-refractivity contribution >= 4 is 40.6 Å². The minimum absolute atomic E-state index is 0.0466. The number of hydrogen-bond donors (Lipinski definition) is 1. The molecule has 3 aromatic rings. The number of thioether (sulfide) groups is 1. The fraction of sp³-hybridized carbons (Fsp3) is 0.235. The molecule has 0 spiro atoms. The average Bonchev–Trinajstić information content (AvgIpc) is 3.01. The summed E-state index contributed by atoms with van der Waals surface area (Å²) in [7, 11) is 0. The van der Waals surface area contributed by atoms with Crippen molar-refractivity contribution < 1.29 is 22.4 Å². The van der Waals surface area contributed by atoms with Gasteiger partial charge in [-0.3, -0.25) is 9.20 Å². The lowest BCUT2D eigenvalue weighted by Gasteiger charge is -2.12. The first kappa shape index (κ1) is 20.4. The van der Waals surface area contributed by atoms with Gasteiger partial charge < -0.3 is 5.32 Å². The molecule has 3 rings (SSSR count). The lowest BCUT2D eigenvalue weighted by atomic mass is 10.2. The second-order valence-corrected chi connectivity index (χ2v) is 7.68. The van der Waals surface area contributed by atoms with Gasteiger partial charge in [0.1, 0.15) is 5.82 Å². The van der Waals surface area contributed by atoms with E-state index in [1.807, 2.05) is 0 Å². The lowest BCUT2D eigenvalue weighted by Crippen LogP contribution is -2.22. The Balaban J connectivity index is 1.82. The zero-order valence-electron chi connectivity index (χ0n) is 14.5. The highest BCUT2D eigenvalue weighted by Gasteiger charge is 2.32. The number of carbonyl (C=O) groups is 1. The predicted octanol–water partition coefficient (Wildman–Crippen LogP) is 4.97. The van der Waals surface area contributed by atoms with Crippen molar-refractivity contribution in [3.05, 3.63) is 52.4 Å². The van der Waals surface area contributed by atoms with Crippen LogP contribution in [0.15, 0.2) is 35.6 Å². The maximum atomic E-state index is 13.6. The maximum Gasteiger partial charge on any atom is 0.417 e. The van der Waals surface area contributed by atoms with Crippen LogP contribution in [0.25, 0.3) is 5.65 Å². The van der Waals surface area contributed by atoms with E-state index in [-0.39, 0.29) is 21.5 Å². The van der Waals surface area contributed by atoms with Crippen LogP contribution in [0.2, 0.25) is 5.02 Å². The topological polar surface area (TPSA) is 59.3 Å². The Bertz CT molecular complexity index is 1050. The van der Waals surface area contributed by atoms with Crippen LogP contribution >= 0.6 is 23.4 Å². The quantitative estimate of drug-likeness (QED) is 0.467. The minimum atomic E-state index is -4.59. The molecule has 0 saturated heterocycles. The molecule has 1 aromatic carbocycles. The molecule has 0 bridgehead atoms. The average molecular weight is 433 g/mol. The number of hydrogen-bond acceptors (Lipinski definition) is 4. The molecule has 2 aromatic heterocycles. The highest BCUT2D eigenvalue weighted by atomic mass is 35.5. The van der Waals surface area contributed by atoms with Crippen LogP contribution in [0.4, 0.5) is 23.2 Å². The van der Waals surface area contributed by atoms with E-state index in [1.54, 1.807) is 19.9 Å². The number of aryl methyl sites for hydroxylation is 1. The molecule has 0 radical (unpaired) electrons. The summed E-state index contributed by atoms with van der Waals surface area (Å²) in [5, 5.41) is 9.26. The molecular formula is C17H13ClF4N4OS. The first-order valence-electron chi connectivity index (χ1n) is 7.91. The number of aromatic nitrogens is 3. The summed E-state index contributed by atoms with van der Waals surface area (Å²) in [4.78, 5) is 12.3. The van der Waals surface area contributed by atoms with Crippen molar-refractivity contribution in [2.24, 2.45) is 0 Å². The summed E-state index contributed by atoms with van der Waals surface area (Å²) in [5.74, 6) is -0.932. The van der Waals surface area contributed by atoms with Gasteiger partial charge in [-0.2, -0.15) is 13.2 Å². The van der Waals surface area contributed by atoms with Gasteiger partial charge in [0, 0.05) is 11.9 Å². The van der Waals surface area contributed by atoms with E-state index in [2.05, 4.69) is 15.5 Å². The number of anilines is 1.